The van der Waals surface area contributed by atoms with E-state index in [-0.39, 0.29) is 23.0 Å². The van der Waals surface area contributed by atoms with Crippen molar-refractivity contribution in [1.82, 2.24) is 5.32 Å². The highest BCUT2D eigenvalue weighted by Gasteiger charge is 2.26. The molecule has 0 bridgehead atoms. The van der Waals surface area contributed by atoms with Crippen LogP contribution >= 0.6 is 0 Å². The van der Waals surface area contributed by atoms with Gasteiger partial charge in [0.1, 0.15) is 11.3 Å². The van der Waals surface area contributed by atoms with Gasteiger partial charge in [-0.05, 0) is 25.0 Å². The summed E-state index contributed by atoms with van der Waals surface area (Å²) in [6, 6.07) is 4.26. The van der Waals surface area contributed by atoms with E-state index in [0.717, 1.165) is 12.8 Å². The predicted octanol–water partition coefficient (Wildman–Crippen LogP) is 0.789. The van der Waals surface area contributed by atoms with Crippen molar-refractivity contribution in [3.8, 4) is 0 Å². The number of anilines is 1. The molecule has 0 radical (unpaired) electrons. The van der Waals surface area contributed by atoms with Gasteiger partial charge in [-0.3, -0.25) is 20.8 Å². The van der Waals surface area contributed by atoms with E-state index < -0.39 is 10.8 Å². The van der Waals surface area contributed by atoms with Crippen molar-refractivity contribution in [3.63, 3.8) is 0 Å². The van der Waals surface area contributed by atoms with Crippen molar-refractivity contribution < 1.29 is 14.5 Å². The Balaban J connectivity index is 2.22. The number of hydrazine groups is 1. The molecule has 0 aromatic heterocycles. The molecule has 1 aliphatic rings. The first-order valence-electron chi connectivity index (χ1n) is 6.26. The molecule has 1 amide bonds. The van der Waals surface area contributed by atoms with Gasteiger partial charge >= 0.3 is 5.69 Å². The number of nitrogens with zero attached hydrogens (tertiary/aromatic N) is 1. The number of rotatable bonds is 4. The van der Waals surface area contributed by atoms with Crippen molar-refractivity contribution in [2.45, 2.75) is 18.9 Å². The molecule has 1 atom stereocenters. The number of nitro benzene ring substituents is 1. The van der Waals surface area contributed by atoms with Gasteiger partial charge in [0.2, 0.25) is 0 Å². The Morgan fingerprint density at radius 2 is 2.30 bits per heavy atom. The van der Waals surface area contributed by atoms with E-state index in [1.807, 2.05) is 0 Å². The van der Waals surface area contributed by atoms with Crippen molar-refractivity contribution in [1.29, 1.82) is 0 Å². The van der Waals surface area contributed by atoms with Gasteiger partial charge in [-0.25, -0.2) is 0 Å². The Hall–Kier alpha value is -2.19. The lowest BCUT2D eigenvalue weighted by molar-refractivity contribution is -0.384. The molecule has 1 saturated heterocycles. The van der Waals surface area contributed by atoms with Gasteiger partial charge < -0.3 is 15.5 Å². The Morgan fingerprint density at radius 1 is 1.50 bits per heavy atom. The molecule has 1 unspecified atom stereocenters. The summed E-state index contributed by atoms with van der Waals surface area (Å²) >= 11 is 0. The molecule has 1 heterocycles. The molecule has 108 valence electrons. The van der Waals surface area contributed by atoms with Crippen LogP contribution in [0.25, 0.3) is 0 Å². The van der Waals surface area contributed by atoms with Crippen LogP contribution in [0.4, 0.5) is 11.4 Å². The fourth-order valence-corrected chi connectivity index (χ4v) is 2.16. The number of benzene rings is 1. The lowest BCUT2D eigenvalue weighted by Crippen LogP contribution is -2.40. The third kappa shape index (κ3) is 3.03. The Labute approximate surface area is 115 Å². The highest BCUT2D eigenvalue weighted by atomic mass is 16.6. The molecule has 1 aliphatic heterocycles. The van der Waals surface area contributed by atoms with E-state index in [1.54, 1.807) is 0 Å². The zero-order chi connectivity index (χ0) is 14.5. The van der Waals surface area contributed by atoms with E-state index >= 15 is 0 Å². The van der Waals surface area contributed by atoms with Gasteiger partial charge in [0.15, 0.2) is 0 Å². The van der Waals surface area contributed by atoms with Crippen LogP contribution in [-0.4, -0.2) is 30.1 Å². The van der Waals surface area contributed by atoms with Gasteiger partial charge in [0.05, 0.1) is 17.6 Å². The van der Waals surface area contributed by atoms with Crippen LogP contribution in [0.1, 0.15) is 23.2 Å². The Morgan fingerprint density at radius 3 is 2.90 bits per heavy atom. The van der Waals surface area contributed by atoms with Crippen LogP contribution in [0.5, 0.6) is 0 Å². The molecule has 2 rings (SSSR count). The summed E-state index contributed by atoms with van der Waals surface area (Å²) in [6.45, 7) is 1.10. The van der Waals surface area contributed by atoms with Gasteiger partial charge in [-0.1, -0.05) is 6.07 Å². The van der Waals surface area contributed by atoms with Crippen LogP contribution in [0.3, 0.4) is 0 Å². The van der Waals surface area contributed by atoms with Crippen LogP contribution < -0.4 is 16.6 Å². The second-order valence-corrected chi connectivity index (χ2v) is 4.49. The summed E-state index contributed by atoms with van der Waals surface area (Å²) in [7, 11) is 0. The molecule has 1 aromatic rings. The fourth-order valence-electron chi connectivity index (χ4n) is 2.16. The SMILES string of the molecule is NNc1cccc(C(=O)NC2CCCOC2)c1[N+](=O)[O-]. The van der Waals surface area contributed by atoms with E-state index in [9.17, 15) is 14.9 Å². The molecule has 0 saturated carbocycles. The lowest BCUT2D eigenvalue weighted by atomic mass is 10.1. The fraction of sp³-hybridized carbons (Fsp3) is 0.417. The largest absolute Gasteiger partial charge is 0.379 e. The average Bonchev–Trinajstić information content (AvgIpc) is 2.47. The van der Waals surface area contributed by atoms with E-state index in [2.05, 4.69) is 10.7 Å². The topological polar surface area (TPSA) is 120 Å². The average molecular weight is 280 g/mol. The zero-order valence-corrected chi connectivity index (χ0v) is 10.8. The summed E-state index contributed by atoms with van der Waals surface area (Å²) < 4.78 is 5.26. The molecule has 8 heteroatoms. The first-order chi connectivity index (χ1) is 9.63. The number of carbonyl (C=O) groups is 1. The van der Waals surface area contributed by atoms with Gasteiger partial charge in [0, 0.05) is 6.61 Å². The van der Waals surface area contributed by atoms with E-state index in [1.165, 1.54) is 18.2 Å². The second kappa shape index (κ2) is 6.31. The number of ether oxygens (including phenoxy) is 1. The normalized spacial score (nSPS) is 18.4. The summed E-state index contributed by atoms with van der Waals surface area (Å²) in [5.41, 5.74) is 1.98. The minimum atomic E-state index is -0.624. The molecule has 4 N–H and O–H groups in total. The van der Waals surface area contributed by atoms with Gasteiger partial charge in [0.25, 0.3) is 5.91 Å². The number of nitrogens with one attached hydrogen (secondary N) is 2. The highest BCUT2D eigenvalue weighted by Crippen LogP contribution is 2.27. The van der Waals surface area contributed by atoms with Crippen LogP contribution in [0.2, 0.25) is 0 Å². The molecule has 1 aromatic carbocycles. The maximum Gasteiger partial charge on any atom is 0.306 e. The molecular formula is C12H16N4O4. The Kier molecular flexibility index (Phi) is 4.49. The number of hydrogen-bond donors (Lipinski definition) is 3. The zero-order valence-electron chi connectivity index (χ0n) is 10.8. The summed E-state index contributed by atoms with van der Waals surface area (Å²) in [5.74, 6) is 4.74. The second-order valence-electron chi connectivity index (χ2n) is 4.49. The van der Waals surface area contributed by atoms with Crippen LogP contribution in [0, 0.1) is 10.1 Å². The molecule has 0 spiro atoms. The van der Waals surface area contributed by atoms with Gasteiger partial charge in [-0.15, -0.1) is 0 Å². The molecule has 1 fully saturated rings. The van der Waals surface area contributed by atoms with Crippen molar-refractivity contribution in [2.75, 3.05) is 18.6 Å². The first-order valence-corrected chi connectivity index (χ1v) is 6.26. The summed E-state index contributed by atoms with van der Waals surface area (Å²) in [4.78, 5) is 22.6. The van der Waals surface area contributed by atoms with Crippen LogP contribution in [-0.2, 0) is 4.74 Å². The highest BCUT2D eigenvalue weighted by molar-refractivity contribution is 6.00. The number of para-hydroxylation sites is 1. The van der Waals surface area contributed by atoms with Crippen LogP contribution in [0.15, 0.2) is 18.2 Å². The van der Waals surface area contributed by atoms with Crippen molar-refractivity contribution in [2.24, 2.45) is 5.84 Å². The smallest absolute Gasteiger partial charge is 0.306 e. The monoisotopic (exact) mass is 280 g/mol. The quantitative estimate of drug-likeness (QED) is 0.426. The standard InChI is InChI=1S/C12H16N4O4/c13-15-10-5-1-4-9(11(10)16(18)19)12(17)14-8-3-2-6-20-7-8/h1,4-5,8,15H,2-3,6-7,13H2,(H,14,17). The number of amides is 1. The maximum absolute atomic E-state index is 12.2. The predicted molar refractivity (Wildman–Crippen MR) is 72.2 cm³/mol. The third-order valence-corrected chi connectivity index (χ3v) is 3.11. The minimum Gasteiger partial charge on any atom is -0.379 e. The number of nitrogens with two attached hydrogens (primary N) is 1. The van der Waals surface area contributed by atoms with Crippen molar-refractivity contribution in [3.05, 3.63) is 33.9 Å². The molecule has 20 heavy (non-hydrogen) atoms. The summed E-state index contributed by atoms with van der Waals surface area (Å²) in [5, 5.41) is 13.8. The van der Waals surface area contributed by atoms with Gasteiger partial charge in [-0.2, -0.15) is 0 Å². The first kappa shape index (κ1) is 14.2. The summed E-state index contributed by atoms with van der Waals surface area (Å²) in [6.07, 6.45) is 1.66. The number of nitrogen functional groups attached to an aromatic ring is 1. The van der Waals surface area contributed by atoms with Crippen molar-refractivity contribution >= 4 is 17.3 Å². The number of carbonyl (C=O) groups excluding carboxylic acids is 1. The lowest BCUT2D eigenvalue weighted by Gasteiger charge is -2.23. The number of hydrogen-bond acceptors (Lipinski definition) is 6. The minimum absolute atomic E-state index is 0.0176. The molecular weight excluding hydrogens is 264 g/mol. The molecule has 0 aliphatic carbocycles. The molecule has 8 nitrogen and oxygen atoms in total. The Bertz CT molecular complexity index is 514. The maximum atomic E-state index is 12.2. The number of nitro groups is 1. The van der Waals surface area contributed by atoms with E-state index in [4.69, 9.17) is 10.6 Å². The van der Waals surface area contributed by atoms with E-state index in [0.29, 0.717) is 13.2 Å². The third-order valence-electron chi connectivity index (χ3n) is 3.11.